The van der Waals surface area contributed by atoms with Gasteiger partial charge in [0.15, 0.2) is 0 Å². The molecule has 0 bridgehead atoms. The van der Waals surface area contributed by atoms with Gasteiger partial charge in [0.1, 0.15) is 0 Å². The fraction of sp³-hybridized carbons (Fsp3) is 0.333. The van der Waals surface area contributed by atoms with Gasteiger partial charge in [-0.25, -0.2) is 0 Å². The van der Waals surface area contributed by atoms with Crippen molar-refractivity contribution in [2.75, 3.05) is 14.1 Å². The average molecular weight is 176 g/mol. The summed E-state index contributed by atoms with van der Waals surface area (Å²) in [6, 6.07) is 0. The Morgan fingerprint density at radius 3 is 2.30 bits per heavy atom. The zero-order valence-electron chi connectivity index (χ0n) is 6.13. The average Bonchev–Trinajstić information content (AvgIpc) is 1.82. The second-order valence-corrected chi connectivity index (χ2v) is 2.76. The number of likely N-dealkylation sites (N-methyl/N-ethyl adjacent to an activating group) is 1. The first-order chi connectivity index (χ1) is 4.54. The first-order valence-corrected chi connectivity index (χ1v) is 3.49. The second-order valence-electron chi connectivity index (χ2n) is 2.04. The molecule has 0 rings (SSSR count). The quantitative estimate of drug-likeness (QED) is 0.459. The number of nitrogens with zero attached hydrogens (tertiary/aromatic N) is 1. The van der Waals surface area contributed by atoms with E-state index in [4.69, 9.17) is 11.1 Å². The van der Waals surface area contributed by atoms with Gasteiger partial charge in [-0.1, -0.05) is 0 Å². The van der Waals surface area contributed by atoms with Crippen LogP contribution >= 0.6 is 0 Å². The summed E-state index contributed by atoms with van der Waals surface area (Å²) < 4.78 is 1.02. The van der Waals surface area contributed by atoms with Crippen molar-refractivity contribution in [3.8, 4) is 0 Å². The van der Waals surface area contributed by atoms with Crippen LogP contribution in [-0.4, -0.2) is 29.2 Å². The van der Waals surface area contributed by atoms with Gasteiger partial charge in [-0.2, -0.15) is 0 Å². The van der Waals surface area contributed by atoms with Crippen LogP contribution in [0.15, 0.2) is 12.2 Å². The number of hydrogen-bond donors (Lipinski definition) is 2. The third-order valence-electron chi connectivity index (χ3n) is 0.870. The predicted molar refractivity (Wildman–Crippen MR) is 39.7 cm³/mol. The number of amidine groups is 1. The molecule has 0 amide bonds. The first-order valence-electron chi connectivity index (χ1n) is 2.79. The van der Waals surface area contributed by atoms with Crippen LogP contribution < -0.4 is 5.73 Å². The molecule has 55 valence electrons. The summed E-state index contributed by atoms with van der Waals surface area (Å²) in [7, 11) is 3.86. The van der Waals surface area contributed by atoms with Crippen molar-refractivity contribution < 1.29 is 17.0 Å². The van der Waals surface area contributed by atoms with Crippen molar-refractivity contribution in [3.05, 3.63) is 12.2 Å². The van der Waals surface area contributed by atoms with E-state index in [2.05, 4.69) is 17.0 Å². The van der Waals surface area contributed by atoms with Gasteiger partial charge < -0.3 is 0 Å². The molecule has 0 aromatic carbocycles. The maximum absolute atomic E-state index is 6.88. The Hall–Kier alpha value is -0.376. The number of hydrogen-bond acceptors (Lipinski definition) is 2. The third-order valence-corrected chi connectivity index (χ3v) is 1.73. The Balaban J connectivity index is 3.90. The van der Waals surface area contributed by atoms with Crippen molar-refractivity contribution in [1.82, 2.24) is 4.90 Å². The van der Waals surface area contributed by atoms with Gasteiger partial charge in [-0.05, 0) is 0 Å². The van der Waals surface area contributed by atoms with Crippen LogP contribution in [-0.2, 0) is 17.0 Å². The molecule has 0 aromatic heterocycles. The van der Waals surface area contributed by atoms with E-state index < -0.39 is 0 Å². The molecule has 0 aliphatic rings. The molecular formula is C6H11N3V. The molecule has 0 aliphatic carbocycles. The van der Waals surface area contributed by atoms with E-state index in [0.717, 1.165) is 4.35 Å². The fourth-order valence-corrected chi connectivity index (χ4v) is 0.430. The van der Waals surface area contributed by atoms with E-state index in [1.807, 2.05) is 19.0 Å². The second kappa shape index (κ2) is 4.44. The minimum absolute atomic E-state index is 0.0744. The Morgan fingerprint density at radius 2 is 2.00 bits per heavy atom. The predicted octanol–water partition coefficient (Wildman–Crippen LogP) is -0.283. The molecule has 0 spiro atoms. The first kappa shape index (κ1) is 9.62. The molecule has 0 unspecified atom stereocenters. The van der Waals surface area contributed by atoms with Gasteiger partial charge in [0, 0.05) is 0 Å². The number of rotatable bonds is 3. The maximum atomic E-state index is 6.88. The standard InChI is InChI=1S/C6H11N3.V/c1-9(2)5-3-4-6(7)8;/h3-4H,1-2H3,(H3,7,8);. The molecule has 3 nitrogen and oxygen atoms in total. The Morgan fingerprint density at radius 1 is 1.50 bits per heavy atom. The van der Waals surface area contributed by atoms with Crippen LogP contribution in [0, 0.1) is 5.41 Å². The molecule has 3 N–H and O–H groups in total. The van der Waals surface area contributed by atoms with Crippen LogP contribution in [0.25, 0.3) is 0 Å². The van der Waals surface area contributed by atoms with Crippen LogP contribution in [0.5, 0.6) is 0 Å². The molecular weight excluding hydrogens is 165 g/mol. The monoisotopic (exact) mass is 176 g/mol. The molecule has 4 heteroatoms. The van der Waals surface area contributed by atoms with Crippen LogP contribution in [0.2, 0.25) is 0 Å². The third kappa shape index (κ3) is 4.50. The normalized spacial score (nSPS) is 10.6. The molecule has 0 saturated heterocycles. The zero-order chi connectivity index (χ0) is 8.15. The van der Waals surface area contributed by atoms with Crippen molar-refractivity contribution in [3.63, 3.8) is 0 Å². The fourth-order valence-electron chi connectivity index (χ4n) is 0.313. The summed E-state index contributed by atoms with van der Waals surface area (Å²) in [6.07, 6.45) is 3.33. The zero-order valence-corrected chi connectivity index (χ0v) is 7.52. The van der Waals surface area contributed by atoms with Gasteiger partial charge in [0.05, 0.1) is 0 Å². The van der Waals surface area contributed by atoms with E-state index in [-0.39, 0.29) is 5.84 Å². The van der Waals surface area contributed by atoms with Gasteiger partial charge in [-0.15, -0.1) is 0 Å². The van der Waals surface area contributed by atoms with Crippen molar-refractivity contribution in [2.45, 2.75) is 0 Å². The van der Waals surface area contributed by atoms with Crippen molar-refractivity contribution >= 4 is 10.2 Å². The van der Waals surface area contributed by atoms with Crippen LogP contribution in [0.4, 0.5) is 0 Å². The van der Waals surface area contributed by atoms with Crippen molar-refractivity contribution in [2.24, 2.45) is 5.73 Å². The van der Waals surface area contributed by atoms with E-state index in [9.17, 15) is 0 Å². The molecule has 0 aromatic rings. The molecule has 0 saturated carbocycles. The Labute approximate surface area is 69.9 Å². The molecule has 0 aliphatic heterocycles. The number of nitrogens with one attached hydrogen (secondary N) is 1. The summed E-state index contributed by atoms with van der Waals surface area (Å²) in [5, 5.41) is 6.88. The summed E-state index contributed by atoms with van der Waals surface area (Å²) in [5.74, 6) is 0.0744. The molecule has 0 atom stereocenters. The number of nitrogens with two attached hydrogens (primary N) is 1. The topological polar surface area (TPSA) is 53.1 Å². The Bertz CT molecular complexity index is 172. The summed E-state index contributed by atoms with van der Waals surface area (Å²) in [4.78, 5) is 1.93. The summed E-state index contributed by atoms with van der Waals surface area (Å²) >= 11 is 2.40. The van der Waals surface area contributed by atoms with Crippen LogP contribution in [0.3, 0.4) is 0 Å². The van der Waals surface area contributed by atoms with Crippen LogP contribution in [0.1, 0.15) is 0 Å². The minimum atomic E-state index is 0.0744. The SMILES string of the molecule is CN(C)[C](=[V])C=CC(=N)N. The van der Waals surface area contributed by atoms with E-state index >= 15 is 0 Å². The Kier molecular flexibility index (Phi) is 4.27. The molecule has 10 heavy (non-hydrogen) atoms. The summed E-state index contributed by atoms with van der Waals surface area (Å²) in [6.45, 7) is 0. The molecule has 0 radical (unpaired) electrons. The van der Waals surface area contributed by atoms with Gasteiger partial charge in [0.25, 0.3) is 0 Å². The van der Waals surface area contributed by atoms with Gasteiger partial charge >= 0.3 is 69.5 Å². The molecule has 0 heterocycles. The van der Waals surface area contributed by atoms with E-state index in [1.165, 1.54) is 0 Å². The van der Waals surface area contributed by atoms with E-state index in [1.54, 1.807) is 12.2 Å². The molecule has 0 fully saturated rings. The van der Waals surface area contributed by atoms with Gasteiger partial charge in [0.2, 0.25) is 0 Å². The van der Waals surface area contributed by atoms with Gasteiger partial charge in [-0.3, -0.25) is 0 Å². The van der Waals surface area contributed by atoms with Crippen molar-refractivity contribution in [1.29, 1.82) is 5.41 Å². The summed E-state index contributed by atoms with van der Waals surface area (Å²) in [5.41, 5.74) is 5.10. The van der Waals surface area contributed by atoms with E-state index in [0.29, 0.717) is 0 Å².